The summed E-state index contributed by atoms with van der Waals surface area (Å²) in [6, 6.07) is 0. The first-order valence-corrected chi connectivity index (χ1v) is 24.1. The molecule has 2 heterocycles. The highest BCUT2D eigenvalue weighted by Crippen LogP contribution is 2.27. The molecule has 0 saturated heterocycles. The number of hydrogen-bond acceptors (Lipinski definition) is 17. The molecule has 0 unspecified atom stereocenters. The van der Waals surface area contributed by atoms with Gasteiger partial charge in [-0.2, -0.15) is 5.10 Å². The standard InChI is InChI=1S/C47H86N6O13/c1-7-13-52(14-8-2)46(55)41-38-43-42(50-44(48)39-41)40-49-53(43)16-11-9-10-15-51(6)17-19-57-21-23-59-25-27-61-29-31-63-33-35-65-37-36-64-34-32-62-30-28-60-26-24-58-22-20-56-18-12-45(54)66-47(3,4)5/h38,40H,7-37,39H2,1-6H3,(H2,48,50). The lowest BCUT2D eigenvalue weighted by Crippen LogP contribution is -2.34. The minimum Gasteiger partial charge on any atom is -0.460 e. The molecule has 2 N–H and O–H groups in total. The number of aliphatic imine (C=N–C) groups is 1. The van der Waals surface area contributed by atoms with Crippen molar-refractivity contribution in [1.82, 2.24) is 19.6 Å². The summed E-state index contributed by atoms with van der Waals surface area (Å²) in [5.74, 6) is 0.209. The van der Waals surface area contributed by atoms with Gasteiger partial charge in [0.1, 0.15) is 17.1 Å². The topological polar surface area (TPSA) is 198 Å². The van der Waals surface area contributed by atoms with E-state index in [9.17, 15) is 9.59 Å². The highest BCUT2D eigenvalue weighted by molar-refractivity contribution is 6.05. The van der Waals surface area contributed by atoms with E-state index in [-0.39, 0.29) is 18.3 Å². The molecule has 0 aliphatic carbocycles. The summed E-state index contributed by atoms with van der Waals surface area (Å²) in [4.78, 5) is 33.7. The number of rotatable bonds is 44. The van der Waals surface area contributed by atoms with Gasteiger partial charge in [-0.1, -0.05) is 20.3 Å². The Balaban J connectivity index is 1.29. The minimum atomic E-state index is -0.480. The second-order valence-electron chi connectivity index (χ2n) is 16.7. The molecular formula is C47H86N6O13. The van der Waals surface area contributed by atoms with Crippen LogP contribution in [0.15, 0.2) is 16.8 Å². The Labute approximate surface area is 395 Å². The van der Waals surface area contributed by atoms with Crippen LogP contribution in [0, 0.1) is 0 Å². The summed E-state index contributed by atoms with van der Waals surface area (Å²) >= 11 is 0. The van der Waals surface area contributed by atoms with Gasteiger partial charge in [-0.15, -0.1) is 0 Å². The van der Waals surface area contributed by atoms with Crippen molar-refractivity contribution in [2.45, 2.75) is 91.7 Å². The van der Waals surface area contributed by atoms with E-state index >= 15 is 0 Å². The van der Waals surface area contributed by atoms with Crippen molar-refractivity contribution in [3.63, 3.8) is 0 Å². The lowest BCUT2D eigenvalue weighted by Gasteiger charge is -2.22. The van der Waals surface area contributed by atoms with Gasteiger partial charge < -0.3 is 67.6 Å². The molecule has 1 amide bonds. The van der Waals surface area contributed by atoms with Gasteiger partial charge in [0.25, 0.3) is 0 Å². The van der Waals surface area contributed by atoms with Crippen LogP contribution in [0.4, 0.5) is 5.69 Å². The van der Waals surface area contributed by atoms with E-state index < -0.39 is 5.60 Å². The summed E-state index contributed by atoms with van der Waals surface area (Å²) in [6.07, 6.45) is 9.20. The van der Waals surface area contributed by atoms with Crippen LogP contribution in [0.1, 0.15) is 85.3 Å². The number of carbonyl (C=O) groups excluding carboxylic acids is 2. The maximum Gasteiger partial charge on any atom is 0.308 e. The number of carbonyl (C=O) groups is 2. The molecule has 0 aromatic carbocycles. The van der Waals surface area contributed by atoms with Crippen molar-refractivity contribution >= 4 is 29.5 Å². The number of unbranched alkanes of at least 4 members (excludes halogenated alkanes) is 2. The van der Waals surface area contributed by atoms with Crippen LogP contribution in [-0.4, -0.2) is 208 Å². The largest absolute Gasteiger partial charge is 0.460 e. The first kappa shape index (κ1) is 59.0. The van der Waals surface area contributed by atoms with Crippen molar-refractivity contribution in [3.05, 3.63) is 17.5 Å². The smallest absolute Gasteiger partial charge is 0.308 e. The molecule has 0 atom stereocenters. The molecule has 0 bridgehead atoms. The molecule has 0 saturated carbocycles. The number of nitrogens with two attached hydrogens (primary N) is 1. The second-order valence-corrected chi connectivity index (χ2v) is 16.7. The van der Waals surface area contributed by atoms with Gasteiger partial charge in [0.05, 0.1) is 150 Å². The number of ether oxygens (including phenoxy) is 11. The van der Waals surface area contributed by atoms with Crippen LogP contribution in [0.3, 0.4) is 0 Å². The molecule has 1 aliphatic heterocycles. The molecule has 382 valence electrons. The summed E-state index contributed by atoms with van der Waals surface area (Å²) in [7, 11) is 2.11. The monoisotopic (exact) mass is 943 g/mol. The van der Waals surface area contributed by atoms with Gasteiger partial charge in [0, 0.05) is 38.2 Å². The predicted octanol–water partition coefficient (Wildman–Crippen LogP) is 4.31. The highest BCUT2D eigenvalue weighted by Gasteiger charge is 2.23. The van der Waals surface area contributed by atoms with E-state index in [4.69, 9.17) is 57.8 Å². The van der Waals surface area contributed by atoms with Crippen molar-refractivity contribution in [2.24, 2.45) is 10.7 Å². The van der Waals surface area contributed by atoms with Crippen LogP contribution in [-0.2, 0) is 68.2 Å². The van der Waals surface area contributed by atoms with E-state index in [1.807, 2.05) is 36.4 Å². The zero-order chi connectivity index (χ0) is 47.9. The van der Waals surface area contributed by atoms with Gasteiger partial charge in [0.15, 0.2) is 0 Å². The lowest BCUT2D eigenvalue weighted by molar-refractivity contribution is -0.156. The third kappa shape index (κ3) is 31.1. The first-order valence-electron chi connectivity index (χ1n) is 24.1. The highest BCUT2D eigenvalue weighted by atomic mass is 16.6. The minimum absolute atomic E-state index is 0.0351. The van der Waals surface area contributed by atoms with Crippen molar-refractivity contribution < 1.29 is 61.7 Å². The molecule has 0 fully saturated rings. The number of fused-ring (bicyclic) bond motifs is 1. The summed E-state index contributed by atoms with van der Waals surface area (Å²) < 4.78 is 62.5. The Morgan fingerprint density at radius 3 is 1.50 bits per heavy atom. The van der Waals surface area contributed by atoms with Crippen LogP contribution in [0.5, 0.6) is 0 Å². The van der Waals surface area contributed by atoms with E-state index in [1.165, 1.54) is 0 Å². The molecular weight excluding hydrogens is 857 g/mol. The van der Waals surface area contributed by atoms with E-state index in [2.05, 4.69) is 35.9 Å². The average molecular weight is 943 g/mol. The molecule has 1 aromatic heterocycles. The predicted molar refractivity (Wildman–Crippen MR) is 253 cm³/mol. The van der Waals surface area contributed by atoms with E-state index in [1.54, 1.807) is 6.20 Å². The molecule has 1 aromatic rings. The number of aryl methyl sites for hydroxylation is 1. The second kappa shape index (κ2) is 38.8. The third-order valence-electron chi connectivity index (χ3n) is 9.60. The number of nitrogens with zero attached hydrogens (tertiary/aromatic N) is 5. The van der Waals surface area contributed by atoms with Gasteiger partial charge in [-0.3, -0.25) is 14.3 Å². The Bertz CT molecular complexity index is 1430. The zero-order valence-corrected chi connectivity index (χ0v) is 41.4. The first-order chi connectivity index (χ1) is 32.0. The van der Waals surface area contributed by atoms with Crippen LogP contribution in [0.2, 0.25) is 0 Å². The Morgan fingerprint density at radius 2 is 1.06 bits per heavy atom. The number of amides is 1. The summed E-state index contributed by atoms with van der Waals surface area (Å²) in [6.45, 7) is 23.5. The molecule has 19 heteroatoms. The number of amidine groups is 1. The quantitative estimate of drug-likeness (QED) is 0.0717. The zero-order valence-electron chi connectivity index (χ0n) is 41.4. The van der Waals surface area contributed by atoms with E-state index in [0.29, 0.717) is 150 Å². The average Bonchev–Trinajstić information content (AvgIpc) is 3.55. The van der Waals surface area contributed by atoms with Crippen LogP contribution in [0.25, 0.3) is 6.08 Å². The summed E-state index contributed by atoms with van der Waals surface area (Å²) in [5, 5.41) is 4.57. The molecule has 0 spiro atoms. The fraction of sp³-hybridized carbons (Fsp3) is 0.830. The Kier molecular flexibility index (Phi) is 34.7. The van der Waals surface area contributed by atoms with Crippen LogP contribution >= 0.6 is 0 Å². The fourth-order valence-corrected chi connectivity index (χ4v) is 6.38. The van der Waals surface area contributed by atoms with E-state index in [0.717, 1.165) is 76.2 Å². The number of likely N-dealkylation sites (N-methyl/N-ethyl adjacent to an activating group) is 1. The third-order valence-corrected chi connectivity index (χ3v) is 9.60. The molecule has 1 aliphatic rings. The van der Waals surface area contributed by atoms with Gasteiger partial charge in [0.2, 0.25) is 5.91 Å². The maximum atomic E-state index is 13.4. The number of esters is 1. The van der Waals surface area contributed by atoms with Gasteiger partial charge in [-0.25, -0.2) is 4.99 Å². The SMILES string of the molecule is CCCN(CCC)C(=O)C1=Cc2c(cnn2CCCCCN(C)CCOCCOCCOCCOCCOCCOCCOCCOCCOCCOCCC(=O)OC(C)(C)C)N=C(N)C1. The van der Waals surface area contributed by atoms with Crippen molar-refractivity contribution in [1.29, 1.82) is 0 Å². The number of aromatic nitrogens is 2. The molecule has 19 nitrogen and oxygen atoms in total. The number of hydrogen-bond donors (Lipinski definition) is 1. The normalized spacial score (nSPS) is 12.9. The van der Waals surface area contributed by atoms with Gasteiger partial charge >= 0.3 is 5.97 Å². The van der Waals surface area contributed by atoms with Crippen molar-refractivity contribution in [3.8, 4) is 0 Å². The lowest BCUT2D eigenvalue weighted by atomic mass is 10.1. The molecule has 2 rings (SSSR count). The summed E-state index contributed by atoms with van der Waals surface area (Å²) in [5.41, 5.74) is 7.97. The Hall–Kier alpha value is -3.08. The maximum absolute atomic E-state index is 13.4. The van der Waals surface area contributed by atoms with Gasteiger partial charge in [-0.05, 0) is 66.1 Å². The molecule has 0 radical (unpaired) electrons. The van der Waals surface area contributed by atoms with Crippen molar-refractivity contribution in [2.75, 3.05) is 165 Å². The fourth-order valence-electron chi connectivity index (χ4n) is 6.38. The Morgan fingerprint density at radius 1 is 0.621 bits per heavy atom. The van der Waals surface area contributed by atoms with Crippen LogP contribution < -0.4 is 5.73 Å². The molecule has 66 heavy (non-hydrogen) atoms.